The van der Waals surface area contributed by atoms with Crippen molar-refractivity contribution in [2.24, 2.45) is 0 Å². The van der Waals surface area contributed by atoms with E-state index in [-0.39, 0.29) is 5.91 Å². The summed E-state index contributed by atoms with van der Waals surface area (Å²) in [6.45, 7) is 8.19. The van der Waals surface area contributed by atoms with Gasteiger partial charge in [0.2, 0.25) is 0 Å². The van der Waals surface area contributed by atoms with Crippen LogP contribution >= 0.6 is 11.3 Å². The number of piperazine rings is 1. The van der Waals surface area contributed by atoms with Gasteiger partial charge < -0.3 is 4.90 Å². The summed E-state index contributed by atoms with van der Waals surface area (Å²) < 4.78 is 1.83. The molecule has 4 aromatic rings. The predicted octanol–water partition coefficient (Wildman–Crippen LogP) is 5.69. The molecule has 0 atom stereocenters. The summed E-state index contributed by atoms with van der Waals surface area (Å²) in [5.41, 5.74) is 5.93. The summed E-state index contributed by atoms with van der Waals surface area (Å²) in [7, 11) is 0. The number of carbonyl (C=O) groups excluding carboxylic acids is 1. The van der Waals surface area contributed by atoms with Crippen LogP contribution in [-0.4, -0.2) is 58.2 Å². The minimum atomic E-state index is 0.0414. The number of aryl methyl sites for hydroxylation is 2. The third-order valence-electron chi connectivity index (χ3n) is 6.42. The quantitative estimate of drug-likeness (QED) is 0.355. The van der Waals surface area contributed by atoms with E-state index < -0.39 is 0 Å². The van der Waals surface area contributed by atoms with Gasteiger partial charge in [-0.25, -0.2) is 4.68 Å². The molecule has 2 aromatic heterocycles. The molecule has 1 fully saturated rings. The molecule has 0 radical (unpaired) electrons. The maximum atomic E-state index is 13.7. The van der Waals surface area contributed by atoms with Crippen molar-refractivity contribution in [3.05, 3.63) is 101 Å². The summed E-state index contributed by atoms with van der Waals surface area (Å²) in [5, 5.41) is 6.91. The summed E-state index contributed by atoms with van der Waals surface area (Å²) in [6, 6.07) is 22.6. The summed E-state index contributed by atoms with van der Waals surface area (Å²) >= 11 is 1.64. The van der Waals surface area contributed by atoms with Crippen molar-refractivity contribution in [1.29, 1.82) is 0 Å². The molecule has 35 heavy (non-hydrogen) atoms. The second kappa shape index (κ2) is 10.4. The smallest absolute Gasteiger partial charge is 0.272 e. The van der Waals surface area contributed by atoms with Crippen molar-refractivity contribution >= 4 is 23.3 Å². The lowest BCUT2D eigenvalue weighted by Crippen LogP contribution is -2.49. The molecule has 6 heteroatoms. The van der Waals surface area contributed by atoms with Crippen molar-refractivity contribution in [3.8, 4) is 16.3 Å². The van der Waals surface area contributed by atoms with Gasteiger partial charge in [-0.3, -0.25) is 9.69 Å². The Morgan fingerprint density at radius 1 is 0.971 bits per heavy atom. The minimum Gasteiger partial charge on any atom is -0.335 e. The van der Waals surface area contributed by atoms with E-state index in [2.05, 4.69) is 79.4 Å². The predicted molar refractivity (Wildman–Crippen MR) is 144 cm³/mol. The molecule has 0 unspecified atom stereocenters. The number of benzene rings is 2. The van der Waals surface area contributed by atoms with Crippen molar-refractivity contribution < 1.29 is 4.79 Å². The van der Waals surface area contributed by atoms with Gasteiger partial charge in [0.1, 0.15) is 11.4 Å². The molecule has 0 N–H and O–H groups in total. The Labute approximate surface area is 210 Å². The molecule has 1 aliphatic rings. The number of aromatic nitrogens is 2. The highest BCUT2D eigenvalue weighted by Crippen LogP contribution is 2.28. The van der Waals surface area contributed by atoms with E-state index in [1.165, 1.54) is 11.1 Å². The molecule has 1 amide bonds. The van der Waals surface area contributed by atoms with Gasteiger partial charge in [-0.15, -0.1) is 11.3 Å². The van der Waals surface area contributed by atoms with Crippen molar-refractivity contribution in [2.45, 2.75) is 13.8 Å². The highest BCUT2D eigenvalue weighted by atomic mass is 32.1. The maximum absolute atomic E-state index is 13.7. The SMILES string of the molecule is Cc1ccc(-n2nc(-c3cccs3)cc2C(=O)N2CCN(CC=Cc3ccccc3)CC2)c(C)c1. The molecule has 0 bridgehead atoms. The van der Waals surface area contributed by atoms with Crippen molar-refractivity contribution in [1.82, 2.24) is 19.6 Å². The summed E-state index contributed by atoms with van der Waals surface area (Å²) in [6.07, 6.45) is 4.36. The number of rotatable bonds is 6. The first kappa shape index (κ1) is 23.3. The van der Waals surface area contributed by atoms with E-state index in [4.69, 9.17) is 5.10 Å². The largest absolute Gasteiger partial charge is 0.335 e. The maximum Gasteiger partial charge on any atom is 0.272 e. The zero-order valence-corrected chi connectivity index (χ0v) is 21.0. The molecule has 178 valence electrons. The van der Waals surface area contributed by atoms with E-state index in [9.17, 15) is 4.79 Å². The fraction of sp³-hybridized carbons (Fsp3) is 0.241. The van der Waals surface area contributed by atoms with Crippen molar-refractivity contribution in [2.75, 3.05) is 32.7 Å². The standard InChI is InChI=1S/C29H30N4OS/c1-22-12-13-26(23(2)20-22)33-27(21-25(30-33)28-11-7-19-35-28)29(34)32-17-15-31(16-18-32)14-6-10-24-8-4-3-5-9-24/h3-13,19-21H,14-18H2,1-2H3. The van der Waals surface area contributed by atoms with Crippen LogP contribution in [0.5, 0.6) is 0 Å². The molecule has 1 aliphatic heterocycles. The third-order valence-corrected chi connectivity index (χ3v) is 7.31. The minimum absolute atomic E-state index is 0.0414. The molecule has 5 nitrogen and oxygen atoms in total. The van der Waals surface area contributed by atoms with Crippen LogP contribution < -0.4 is 0 Å². The molecule has 2 aromatic carbocycles. The normalized spacial score (nSPS) is 14.6. The lowest BCUT2D eigenvalue weighted by molar-refractivity contribution is 0.0641. The Kier molecular flexibility index (Phi) is 6.93. The second-order valence-electron chi connectivity index (χ2n) is 9.00. The Balaban J connectivity index is 1.32. The number of thiophene rings is 1. The first-order chi connectivity index (χ1) is 17.1. The molecule has 1 saturated heterocycles. The van der Waals surface area contributed by atoms with Crippen LogP contribution in [-0.2, 0) is 0 Å². The van der Waals surface area contributed by atoms with Gasteiger partial charge in [0.15, 0.2) is 0 Å². The lowest BCUT2D eigenvalue weighted by Gasteiger charge is -2.34. The van der Waals surface area contributed by atoms with E-state index in [1.807, 2.05) is 33.2 Å². The van der Waals surface area contributed by atoms with Crippen LogP contribution in [0.3, 0.4) is 0 Å². The summed E-state index contributed by atoms with van der Waals surface area (Å²) in [5.74, 6) is 0.0414. The number of hydrogen-bond donors (Lipinski definition) is 0. The van der Waals surface area contributed by atoms with Gasteiger partial charge in [-0.1, -0.05) is 66.2 Å². The Bertz CT molecular complexity index is 1320. The fourth-order valence-electron chi connectivity index (χ4n) is 4.50. The fourth-order valence-corrected chi connectivity index (χ4v) is 5.18. The first-order valence-electron chi connectivity index (χ1n) is 12.0. The average molecular weight is 483 g/mol. The van der Waals surface area contributed by atoms with Crippen LogP contribution in [0.25, 0.3) is 22.3 Å². The van der Waals surface area contributed by atoms with Crippen LogP contribution in [0.4, 0.5) is 0 Å². The van der Waals surface area contributed by atoms with Crippen LogP contribution in [0.2, 0.25) is 0 Å². The zero-order chi connectivity index (χ0) is 24.2. The van der Waals surface area contributed by atoms with E-state index >= 15 is 0 Å². The number of hydrogen-bond acceptors (Lipinski definition) is 4. The Morgan fingerprint density at radius 2 is 1.77 bits per heavy atom. The van der Waals surface area contributed by atoms with Crippen LogP contribution in [0.1, 0.15) is 27.2 Å². The highest BCUT2D eigenvalue weighted by Gasteiger charge is 2.26. The van der Waals surface area contributed by atoms with Gasteiger partial charge in [0.05, 0.1) is 10.6 Å². The molecular formula is C29H30N4OS. The van der Waals surface area contributed by atoms with E-state index in [0.29, 0.717) is 18.8 Å². The highest BCUT2D eigenvalue weighted by molar-refractivity contribution is 7.13. The monoisotopic (exact) mass is 482 g/mol. The lowest BCUT2D eigenvalue weighted by atomic mass is 10.1. The zero-order valence-electron chi connectivity index (χ0n) is 20.2. The van der Waals surface area contributed by atoms with Crippen LogP contribution in [0.15, 0.2) is 78.2 Å². The van der Waals surface area contributed by atoms with E-state index in [1.54, 1.807) is 11.3 Å². The van der Waals surface area contributed by atoms with Gasteiger partial charge in [0.25, 0.3) is 5.91 Å². The summed E-state index contributed by atoms with van der Waals surface area (Å²) in [4.78, 5) is 19.1. The van der Waals surface area contributed by atoms with E-state index in [0.717, 1.165) is 41.5 Å². The molecule has 5 rings (SSSR count). The average Bonchev–Trinajstić information content (AvgIpc) is 3.55. The number of amides is 1. The number of nitrogens with zero attached hydrogens (tertiary/aromatic N) is 4. The molecular weight excluding hydrogens is 452 g/mol. The Hall–Kier alpha value is -3.48. The topological polar surface area (TPSA) is 41.4 Å². The van der Waals surface area contributed by atoms with Gasteiger partial charge in [0, 0.05) is 32.7 Å². The molecule has 0 spiro atoms. The first-order valence-corrected chi connectivity index (χ1v) is 12.9. The molecule has 0 saturated carbocycles. The Morgan fingerprint density at radius 3 is 2.49 bits per heavy atom. The molecule has 3 heterocycles. The van der Waals surface area contributed by atoms with Gasteiger partial charge >= 0.3 is 0 Å². The second-order valence-corrected chi connectivity index (χ2v) is 9.95. The molecule has 0 aliphatic carbocycles. The van der Waals surface area contributed by atoms with Gasteiger partial charge in [-0.05, 0) is 48.6 Å². The third kappa shape index (κ3) is 5.29. The van der Waals surface area contributed by atoms with Crippen molar-refractivity contribution in [3.63, 3.8) is 0 Å². The van der Waals surface area contributed by atoms with Gasteiger partial charge in [-0.2, -0.15) is 5.10 Å². The number of carbonyl (C=O) groups is 1. The van der Waals surface area contributed by atoms with Crippen LogP contribution in [0, 0.1) is 13.8 Å².